The molecule has 2 aromatic rings. The fraction of sp³-hybridized carbons (Fsp3) is 0.409. The van der Waals surface area contributed by atoms with Gasteiger partial charge in [0.1, 0.15) is 5.82 Å². The quantitative estimate of drug-likeness (QED) is 0.561. The number of nitrogens with one attached hydrogen (secondary N) is 1. The average molecular weight is 495 g/mol. The van der Waals surface area contributed by atoms with Crippen molar-refractivity contribution < 1.29 is 22.7 Å². The van der Waals surface area contributed by atoms with Gasteiger partial charge in [0.05, 0.1) is 17.1 Å². The number of aromatic nitrogens is 1. The number of hydrogen-bond donors (Lipinski definition) is 1. The highest BCUT2D eigenvalue weighted by molar-refractivity contribution is 7.89. The van der Waals surface area contributed by atoms with Crippen molar-refractivity contribution in [3.05, 3.63) is 53.2 Å². The Morgan fingerprint density at radius 3 is 2.67 bits per heavy atom. The normalized spacial score (nSPS) is 14.6. The zero-order chi connectivity index (χ0) is 23.8. The van der Waals surface area contributed by atoms with Gasteiger partial charge in [-0.25, -0.2) is 22.9 Å². The van der Waals surface area contributed by atoms with Crippen molar-refractivity contribution in [3.63, 3.8) is 0 Å². The first-order valence-electron chi connectivity index (χ1n) is 10.7. The van der Waals surface area contributed by atoms with Gasteiger partial charge in [0.15, 0.2) is 0 Å². The fourth-order valence-corrected chi connectivity index (χ4v) is 4.80. The molecule has 1 aliphatic rings. The molecular formula is C22H27ClN4O5S. The van der Waals surface area contributed by atoms with E-state index in [0.29, 0.717) is 36.8 Å². The zero-order valence-corrected chi connectivity index (χ0v) is 19.9. The first-order valence-corrected chi connectivity index (χ1v) is 12.6. The standard InChI is InChI=1S/C22H27ClN4O5S/c1-2-32-22(29)17-7-8-20(24-16-17)26-11-4-12-27(14-13-26)21(28)9-10-25-33(30,31)19-6-3-5-18(23)15-19/h3,5-8,15-16,25H,2,4,9-14H2,1H3. The number of nitrogens with zero attached hydrogens (tertiary/aromatic N) is 3. The minimum Gasteiger partial charge on any atom is -0.462 e. The predicted octanol–water partition coefficient (Wildman–Crippen LogP) is 2.32. The van der Waals surface area contributed by atoms with Gasteiger partial charge in [-0.05, 0) is 43.7 Å². The molecule has 0 spiro atoms. The Balaban J connectivity index is 1.50. The first kappa shape index (κ1) is 24.9. The van der Waals surface area contributed by atoms with Gasteiger partial charge in [-0.15, -0.1) is 0 Å². The van der Waals surface area contributed by atoms with Crippen LogP contribution in [0.2, 0.25) is 5.02 Å². The van der Waals surface area contributed by atoms with Crippen LogP contribution in [0.1, 0.15) is 30.1 Å². The highest BCUT2D eigenvalue weighted by Crippen LogP contribution is 2.17. The molecule has 3 rings (SSSR count). The number of esters is 1. The summed E-state index contributed by atoms with van der Waals surface area (Å²) in [4.78, 5) is 32.6. The number of rotatable bonds is 8. The summed E-state index contributed by atoms with van der Waals surface area (Å²) in [5, 5.41) is 0.327. The molecule has 33 heavy (non-hydrogen) atoms. The summed E-state index contributed by atoms with van der Waals surface area (Å²) in [5.74, 6) is 0.207. The Kier molecular flexibility index (Phi) is 8.65. The van der Waals surface area contributed by atoms with Crippen LogP contribution in [0.4, 0.5) is 5.82 Å². The van der Waals surface area contributed by atoms with Crippen LogP contribution in [0, 0.1) is 0 Å². The third kappa shape index (κ3) is 6.89. The second-order valence-corrected chi connectivity index (χ2v) is 9.66. The van der Waals surface area contributed by atoms with Crippen LogP contribution in [-0.4, -0.2) is 69.5 Å². The average Bonchev–Trinajstić information content (AvgIpc) is 3.06. The molecule has 0 atom stereocenters. The van der Waals surface area contributed by atoms with E-state index in [0.717, 1.165) is 18.8 Å². The number of carbonyl (C=O) groups is 2. The fourth-order valence-electron chi connectivity index (χ4n) is 3.47. The van der Waals surface area contributed by atoms with Gasteiger partial charge < -0.3 is 14.5 Å². The van der Waals surface area contributed by atoms with Crippen LogP contribution in [-0.2, 0) is 19.6 Å². The van der Waals surface area contributed by atoms with E-state index < -0.39 is 16.0 Å². The lowest BCUT2D eigenvalue weighted by atomic mass is 10.2. The number of amides is 1. The molecule has 0 bridgehead atoms. The van der Waals surface area contributed by atoms with Crippen molar-refractivity contribution in [1.29, 1.82) is 0 Å². The van der Waals surface area contributed by atoms with E-state index in [4.69, 9.17) is 16.3 Å². The van der Waals surface area contributed by atoms with Gasteiger partial charge >= 0.3 is 5.97 Å². The van der Waals surface area contributed by atoms with E-state index >= 15 is 0 Å². The third-order valence-corrected chi connectivity index (χ3v) is 6.86. The van der Waals surface area contributed by atoms with Gasteiger partial charge in [-0.1, -0.05) is 17.7 Å². The van der Waals surface area contributed by atoms with Gasteiger partial charge in [-0.2, -0.15) is 0 Å². The molecule has 1 N–H and O–H groups in total. The second-order valence-electron chi connectivity index (χ2n) is 7.45. The van der Waals surface area contributed by atoms with Crippen LogP contribution in [0.3, 0.4) is 0 Å². The molecule has 0 radical (unpaired) electrons. The highest BCUT2D eigenvalue weighted by Gasteiger charge is 2.21. The maximum Gasteiger partial charge on any atom is 0.339 e. The van der Waals surface area contributed by atoms with Gasteiger partial charge in [-0.3, -0.25) is 4.79 Å². The van der Waals surface area contributed by atoms with Crippen molar-refractivity contribution in [2.45, 2.75) is 24.7 Å². The minimum atomic E-state index is -3.73. The van der Waals surface area contributed by atoms with Crippen LogP contribution < -0.4 is 9.62 Å². The number of benzene rings is 1. The largest absolute Gasteiger partial charge is 0.462 e. The number of halogens is 1. The first-order chi connectivity index (χ1) is 15.8. The maximum absolute atomic E-state index is 12.6. The molecule has 11 heteroatoms. The molecule has 0 aliphatic carbocycles. The van der Waals surface area contributed by atoms with Gasteiger partial charge in [0, 0.05) is 50.4 Å². The Labute approximate surface area is 198 Å². The van der Waals surface area contributed by atoms with Crippen molar-refractivity contribution >= 4 is 39.3 Å². The van der Waals surface area contributed by atoms with Crippen LogP contribution >= 0.6 is 11.6 Å². The van der Waals surface area contributed by atoms with Crippen molar-refractivity contribution in [2.24, 2.45) is 0 Å². The summed E-state index contributed by atoms with van der Waals surface area (Å²) < 4.78 is 32.2. The SMILES string of the molecule is CCOC(=O)c1ccc(N2CCCN(C(=O)CCNS(=O)(=O)c3cccc(Cl)c3)CC2)nc1. The lowest BCUT2D eigenvalue weighted by molar-refractivity contribution is -0.130. The summed E-state index contributed by atoms with van der Waals surface area (Å²) in [6, 6.07) is 9.42. The molecule has 178 valence electrons. The number of ether oxygens (including phenoxy) is 1. The smallest absolute Gasteiger partial charge is 0.339 e. The molecule has 2 heterocycles. The Bertz CT molecular complexity index is 1080. The van der Waals surface area contributed by atoms with Crippen molar-refractivity contribution in [3.8, 4) is 0 Å². The zero-order valence-electron chi connectivity index (χ0n) is 18.4. The number of pyridine rings is 1. The van der Waals surface area contributed by atoms with Crippen molar-refractivity contribution in [2.75, 3.05) is 44.2 Å². The number of anilines is 1. The third-order valence-electron chi connectivity index (χ3n) is 5.17. The Morgan fingerprint density at radius 1 is 1.15 bits per heavy atom. The van der Waals surface area contributed by atoms with Crippen LogP contribution in [0.15, 0.2) is 47.5 Å². The lowest BCUT2D eigenvalue weighted by Crippen LogP contribution is -2.37. The molecule has 1 amide bonds. The number of hydrogen-bond acceptors (Lipinski definition) is 7. The molecule has 0 unspecified atom stereocenters. The van der Waals surface area contributed by atoms with E-state index in [1.54, 1.807) is 36.1 Å². The van der Waals surface area contributed by atoms with E-state index in [1.807, 2.05) is 0 Å². The maximum atomic E-state index is 12.6. The summed E-state index contributed by atoms with van der Waals surface area (Å²) >= 11 is 5.86. The summed E-state index contributed by atoms with van der Waals surface area (Å²) in [7, 11) is -3.73. The number of sulfonamides is 1. The molecule has 9 nitrogen and oxygen atoms in total. The summed E-state index contributed by atoms with van der Waals surface area (Å²) in [5.41, 5.74) is 0.396. The van der Waals surface area contributed by atoms with Crippen LogP contribution in [0.25, 0.3) is 0 Å². The van der Waals surface area contributed by atoms with E-state index in [1.165, 1.54) is 18.3 Å². The molecule has 1 aromatic carbocycles. The highest BCUT2D eigenvalue weighted by atomic mass is 35.5. The molecule has 1 aliphatic heterocycles. The minimum absolute atomic E-state index is 0.00473. The molecule has 1 fully saturated rings. The van der Waals surface area contributed by atoms with E-state index in [-0.39, 0.29) is 23.8 Å². The van der Waals surface area contributed by atoms with Crippen molar-refractivity contribution in [1.82, 2.24) is 14.6 Å². The lowest BCUT2D eigenvalue weighted by Gasteiger charge is -2.23. The molecule has 1 aromatic heterocycles. The van der Waals surface area contributed by atoms with Gasteiger partial charge in [0.25, 0.3) is 0 Å². The van der Waals surface area contributed by atoms with Crippen LogP contribution in [0.5, 0.6) is 0 Å². The number of carbonyl (C=O) groups excluding carboxylic acids is 2. The molecule has 0 saturated carbocycles. The molecular weight excluding hydrogens is 468 g/mol. The van der Waals surface area contributed by atoms with E-state index in [9.17, 15) is 18.0 Å². The Hall–Kier alpha value is -2.69. The second kappa shape index (κ2) is 11.4. The molecule has 1 saturated heterocycles. The topological polar surface area (TPSA) is 109 Å². The summed E-state index contributed by atoms with van der Waals surface area (Å²) in [6.07, 6.45) is 2.31. The predicted molar refractivity (Wildman–Crippen MR) is 125 cm³/mol. The summed E-state index contributed by atoms with van der Waals surface area (Å²) in [6.45, 7) is 4.45. The van der Waals surface area contributed by atoms with E-state index in [2.05, 4.69) is 14.6 Å². The van der Waals surface area contributed by atoms with Gasteiger partial charge in [0.2, 0.25) is 15.9 Å². The Morgan fingerprint density at radius 2 is 1.97 bits per heavy atom. The monoisotopic (exact) mass is 494 g/mol.